The van der Waals surface area contributed by atoms with E-state index in [4.69, 9.17) is 15.9 Å². The summed E-state index contributed by atoms with van der Waals surface area (Å²) in [4.78, 5) is 19.9. The van der Waals surface area contributed by atoms with Crippen molar-refractivity contribution in [3.05, 3.63) is 12.0 Å². The number of carbonyl (C=O) groups excluding carboxylic acids is 1. The number of hydrogen-bond acceptors (Lipinski definition) is 6. The Morgan fingerprint density at radius 3 is 2.89 bits per heavy atom. The van der Waals surface area contributed by atoms with Crippen LogP contribution in [0.15, 0.2) is 11.3 Å². The highest BCUT2D eigenvalue weighted by Gasteiger charge is 2.21. The van der Waals surface area contributed by atoms with Crippen LogP contribution < -0.4 is 11.1 Å². The summed E-state index contributed by atoms with van der Waals surface area (Å²) >= 11 is 0. The van der Waals surface area contributed by atoms with Crippen LogP contribution >= 0.6 is 0 Å². The van der Waals surface area contributed by atoms with E-state index in [1.807, 2.05) is 0 Å². The summed E-state index contributed by atoms with van der Waals surface area (Å²) in [5.41, 5.74) is 5.90. The Hall–Kier alpha value is -1.93. The summed E-state index contributed by atoms with van der Waals surface area (Å²) in [5, 5.41) is 20.7. The molecular weight excluding hydrogens is 250 g/mol. The van der Waals surface area contributed by atoms with Gasteiger partial charge >= 0.3 is 0 Å². The van der Waals surface area contributed by atoms with Crippen molar-refractivity contribution in [3.63, 3.8) is 0 Å². The first-order valence-electron chi connectivity index (χ1n) is 6.03. The fraction of sp³-hybridized carbons (Fsp3) is 0.545. The lowest BCUT2D eigenvalue weighted by Gasteiger charge is -2.11. The highest BCUT2D eigenvalue weighted by molar-refractivity contribution is 6.02. The second kappa shape index (κ2) is 5.81. The number of aliphatic hydroxyl groups is 2. The minimum Gasteiger partial charge on any atom is -0.396 e. The SMILES string of the molecule is NC1=Nc2c(ncn2CCC(CO)CO)C(=O)NC1. The summed E-state index contributed by atoms with van der Waals surface area (Å²) < 4.78 is 1.70. The van der Waals surface area contributed by atoms with Gasteiger partial charge in [0.15, 0.2) is 11.5 Å². The molecule has 1 aromatic rings. The molecule has 0 aliphatic carbocycles. The number of nitrogens with two attached hydrogens (primary N) is 1. The van der Waals surface area contributed by atoms with Gasteiger partial charge in [-0.25, -0.2) is 9.98 Å². The van der Waals surface area contributed by atoms with Crippen molar-refractivity contribution >= 4 is 17.6 Å². The van der Waals surface area contributed by atoms with Crippen LogP contribution in [0.3, 0.4) is 0 Å². The molecule has 0 radical (unpaired) electrons. The standard InChI is InChI=1S/C11H17N5O3/c12-8-3-13-11(19)9-10(15-8)16(6-14-9)2-1-7(4-17)5-18/h6-7,17-18H,1-5H2,(H2,12,15)(H,13,19). The van der Waals surface area contributed by atoms with E-state index in [2.05, 4.69) is 15.3 Å². The summed E-state index contributed by atoms with van der Waals surface area (Å²) in [6, 6.07) is 0. The molecule has 0 fully saturated rings. The van der Waals surface area contributed by atoms with Crippen molar-refractivity contribution in [3.8, 4) is 0 Å². The van der Waals surface area contributed by atoms with Crippen LogP contribution in [-0.4, -0.2) is 51.3 Å². The maximum Gasteiger partial charge on any atom is 0.274 e. The Morgan fingerprint density at radius 1 is 1.47 bits per heavy atom. The zero-order valence-corrected chi connectivity index (χ0v) is 10.4. The van der Waals surface area contributed by atoms with Crippen LogP contribution in [0.2, 0.25) is 0 Å². The van der Waals surface area contributed by atoms with Gasteiger partial charge in [0, 0.05) is 25.7 Å². The van der Waals surface area contributed by atoms with Crippen LogP contribution in [0.5, 0.6) is 0 Å². The molecule has 104 valence electrons. The zero-order valence-electron chi connectivity index (χ0n) is 10.4. The number of aromatic nitrogens is 2. The third-order valence-corrected chi connectivity index (χ3v) is 3.00. The van der Waals surface area contributed by atoms with Gasteiger partial charge in [0.1, 0.15) is 5.84 Å². The van der Waals surface area contributed by atoms with Gasteiger partial charge in [-0.15, -0.1) is 0 Å². The maximum atomic E-state index is 11.7. The second-order valence-corrected chi connectivity index (χ2v) is 4.42. The molecule has 8 heteroatoms. The molecule has 0 aromatic carbocycles. The lowest BCUT2D eigenvalue weighted by molar-refractivity contribution is 0.0956. The minimum atomic E-state index is -0.307. The summed E-state index contributed by atoms with van der Waals surface area (Å²) in [6.45, 7) is 0.530. The number of hydrogen-bond donors (Lipinski definition) is 4. The second-order valence-electron chi connectivity index (χ2n) is 4.42. The predicted molar refractivity (Wildman–Crippen MR) is 68.1 cm³/mol. The highest BCUT2D eigenvalue weighted by atomic mass is 16.3. The summed E-state index contributed by atoms with van der Waals surface area (Å²) in [7, 11) is 0. The van der Waals surface area contributed by atoms with Crippen molar-refractivity contribution in [1.29, 1.82) is 0 Å². The van der Waals surface area contributed by atoms with Crippen molar-refractivity contribution in [1.82, 2.24) is 14.9 Å². The normalized spacial score (nSPS) is 14.9. The molecule has 1 amide bonds. The van der Waals surface area contributed by atoms with Crippen LogP contribution in [0.25, 0.3) is 0 Å². The number of carbonyl (C=O) groups is 1. The molecule has 1 aromatic heterocycles. The summed E-state index contributed by atoms with van der Waals surface area (Å²) in [5.74, 6) is 0.231. The van der Waals surface area contributed by atoms with Gasteiger partial charge < -0.3 is 25.8 Å². The lowest BCUT2D eigenvalue weighted by atomic mass is 10.1. The maximum absolute atomic E-state index is 11.7. The number of aryl methyl sites for hydroxylation is 1. The van der Waals surface area contributed by atoms with Crippen molar-refractivity contribution < 1.29 is 15.0 Å². The Bertz CT molecular complexity index is 493. The van der Waals surface area contributed by atoms with E-state index in [1.54, 1.807) is 4.57 Å². The quantitative estimate of drug-likeness (QED) is 0.522. The van der Waals surface area contributed by atoms with E-state index in [1.165, 1.54) is 6.33 Å². The number of aliphatic imine (C=N–C) groups is 1. The Morgan fingerprint density at radius 2 is 2.21 bits per heavy atom. The first kappa shape index (κ1) is 13.5. The van der Waals surface area contributed by atoms with Gasteiger partial charge in [0.2, 0.25) is 0 Å². The average molecular weight is 267 g/mol. The number of amidine groups is 1. The van der Waals surface area contributed by atoms with Crippen molar-refractivity contribution in [2.75, 3.05) is 19.8 Å². The smallest absolute Gasteiger partial charge is 0.274 e. The zero-order chi connectivity index (χ0) is 13.8. The molecule has 8 nitrogen and oxygen atoms in total. The van der Waals surface area contributed by atoms with Crippen molar-refractivity contribution in [2.24, 2.45) is 16.6 Å². The van der Waals surface area contributed by atoms with E-state index >= 15 is 0 Å². The van der Waals surface area contributed by atoms with E-state index in [0.717, 1.165) is 0 Å². The first-order valence-corrected chi connectivity index (χ1v) is 6.03. The topological polar surface area (TPSA) is 126 Å². The Balaban J connectivity index is 2.19. The third kappa shape index (κ3) is 2.91. The highest BCUT2D eigenvalue weighted by Crippen LogP contribution is 2.21. The molecule has 2 heterocycles. The largest absolute Gasteiger partial charge is 0.396 e. The number of amides is 1. The molecule has 19 heavy (non-hydrogen) atoms. The molecule has 0 saturated heterocycles. The van der Waals surface area contributed by atoms with Gasteiger partial charge in [0.05, 0.1) is 12.9 Å². The van der Waals surface area contributed by atoms with Crippen LogP contribution in [-0.2, 0) is 6.54 Å². The monoisotopic (exact) mass is 267 g/mol. The summed E-state index contributed by atoms with van der Waals surface area (Å²) in [6.07, 6.45) is 2.07. The number of nitrogens with zero attached hydrogens (tertiary/aromatic N) is 3. The number of imidazole rings is 1. The van der Waals surface area contributed by atoms with Gasteiger partial charge in [-0.3, -0.25) is 4.79 Å². The fourth-order valence-corrected chi connectivity index (χ4v) is 1.81. The third-order valence-electron chi connectivity index (χ3n) is 3.00. The van der Waals surface area contributed by atoms with Crippen LogP contribution in [0, 0.1) is 5.92 Å². The van der Waals surface area contributed by atoms with E-state index in [9.17, 15) is 4.79 Å². The van der Waals surface area contributed by atoms with Gasteiger partial charge in [-0.1, -0.05) is 0 Å². The predicted octanol–water partition coefficient (Wildman–Crippen LogP) is -1.39. The lowest BCUT2D eigenvalue weighted by Crippen LogP contribution is -2.31. The molecule has 1 aliphatic heterocycles. The van der Waals surface area contributed by atoms with Crippen molar-refractivity contribution in [2.45, 2.75) is 13.0 Å². The molecular formula is C11H17N5O3. The van der Waals surface area contributed by atoms with Crippen LogP contribution in [0.1, 0.15) is 16.9 Å². The van der Waals surface area contributed by atoms with E-state index in [0.29, 0.717) is 24.6 Å². The molecule has 0 spiro atoms. The minimum absolute atomic E-state index is 0.0840. The molecule has 0 unspecified atom stereocenters. The first-order chi connectivity index (χ1) is 9.15. The number of nitrogens with one attached hydrogen (secondary N) is 1. The molecule has 2 rings (SSSR count). The van der Waals surface area contributed by atoms with Gasteiger partial charge in [-0.05, 0) is 6.42 Å². The van der Waals surface area contributed by atoms with E-state index < -0.39 is 0 Å². The molecule has 0 atom stereocenters. The molecule has 0 saturated carbocycles. The van der Waals surface area contributed by atoms with Gasteiger partial charge in [-0.2, -0.15) is 0 Å². The number of rotatable bonds is 5. The van der Waals surface area contributed by atoms with E-state index in [-0.39, 0.29) is 37.3 Å². The molecule has 1 aliphatic rings. The van der Waals surface area contributed by atoms with Gasteiger partial charge in [0.25, 0.3) is 5.91 Å². The molecule has 5 N–H and O–H groups in total. The average Bonchev–Trinajstić information content (AvgIpc) is 2.74. The number of aliphatic hydroxyl groups excluding tert-OH is 2. The number of fused-ring (bicyclic) bond motifs is 1. The fourth-order valence-electron chi connectivity index (χ4n) is 1.81. The Kier molecular flexibility index (Phi) is 4.13. The molecule has 0 bridgehead atoms. The Labute approximate surface area is 110 Å². The van der Waals surface area contributed by atoms with Crippen LogP contribution in [0.4, 0.5) is 5.82 Å².